The number of ether oxygens (including phenoxy) is 1. The number of aromatic nitrogens is 2. The summed E-state index contributed by atoms with van der Waals surface area (Å²) in [6, 6.07) is 4.14. The highest BCUT2D eigenvalue weighted by atomic mass is 32.2. The third kappa shape index (κ3) is 4.10. The van der Waals surface area contributed by atoms with Gasteiger partial charge in [0.15, 0.2) is 0 Å². The van der Waals surface area contributed by atoms with Gasteiger partial charge in [-0.05, 0) is 42.9 Å². The highest BCUT2D eigenvalue weighted by Gasteiger charge is 2.29. The van der Waals surface area contributed by atoms with Crippen molar-refractivity contribution in [3.8, 4) is 11.3 Å². The summed E-state index contributed by atoms with van der Waals surface area (Å²) in [6.45, 7) is 0.762. The Kier molecular flexibility index (Phi) is 6.03. The van der Waals surface area contributed by atoms with Crippen LogP contribution >= 0.6 is 23.1 Å². The fraction of sp³-hybridized carbons (Fsp3) is 0.381. The molecule has 3 aromatic heterocycles. The van der Waals surface area contributed by atoms with E-state index in [4.69, 9.17) is 20.9 Å². The molecule has 6 nitrogen and oxygen atoms in total. The topological polar surface area (TPSA) is 96.9 Å². The van der Waals surface area contributed by atoms with E-state index in [1.165, 1.54) is 24.6 Å². The molecule has 8 heteroatoms. The predicted molar refractivity (Wildman–Crippen MR) is 124 cm³/mol. The number of thioether (sulfide) groups is 1. The summed E-state index contributed by atoms with van der Waals surface area (Å²) in [4.78, 5) is 10.4. The van der Waals surface area contributed by atoms with E-state index < -0.39 is 0 Å². The second-order valence-electron chi connectivity index (χ2n) is 7.11. The van der Waals surface area contributed by atoms with Crippen molar-refractivity contribution in [3.63, 3.8) is 0 Å². The standard InChI is InChI=1S/C21H25N5OS2/c1-24-19-13(10-22)8-14(11-25-19)16-9-15(12-4-5-12)17-18(23)21(29-20(17)26-16)28-7-3-6-27-2/h8-12,22H,3-7,23H2,1-2H3,(H,24,25). The summed E-state index contributed by atoms with van der Waals surface area (Å²) in [5.41, 5.74) is 11.3. The van der Waals surface area contributed by atoms with Crippen LogP contribution in [-0.4, -0.2) is 42.7 Å². The third-order valence-electron chi connectivity index (χ3n) is 5.04. The van der Waals surface area contributed by atoms with Crippen molar-refractivity contribution in [3.05, 3.63) is 29.5 Å². The van der Waals surface area contributed by atoms with Crippen molar-refractivity contribution in [2.45, 2.75) is 29.4 Å². The summed E-state index contributed by atoms with van der Waals surface area (Å²) < 4.78 is 6.29. The first-order valence-electron chi connectivity index (χ1n) is 9.69. The minimum Gasteiger partial charge on any atom is -0.397 e. The van der Waals surface area contributed by atoms with Crippen LogP contribution in [0.15, 0.2) is 22.5 Å². The van der Waals surface area contributed by atoms with E-state index in [0.29, 0.717) is 11.7 Å². The number of thiophene rings is 1. The van der Waals surface area contributed by atoms with E-state index in [-0.39, 0.29) is 0 Å². The summed E-state index contributed by atoms with van der Waals surface area (Å²) in [5, 5.41) is 11.8. The Balaban J connectivity index is 1.76. The Labute approximate surface area is 178 Å². The van der Waals surface area contributed by atoms with Gasteiger partial charge in [0.1, 0.15) is 10.6 Å². The van der Waals surface area contributed by atoms with Gasteiger partial charge in [-0.3, -0.25) is 0 Å². The number of fused-ring (bicyclic) bond motifs is 1. The van der Waals surface area contributed by atoms with Gasteiger partial charge in [0.25, 0.3) is 0 Å². The molecule has 4 rings (SSSR count). The van der Waals surface area contributed by atoms with Crippen molar-refractivity contribution < 1.29 is 4.74 Å². The minimum absolute atomic E-state index is 0.564. The molecule has 0 bridgehead atoms. The molecule has 152 valence electrons. The first-order valence-corrected chi connectivity index (χ1v) is 11.5. The van der Waals surface area contributed by atoms with E-state index >= 15 is 0 Å². The zero-order chi connectivity index (χ0) is 20.4. The van der Waals surface area contributed by atoms with Gasteiger partial charge >= 0.3 is 0 Å². The fourth-order valence-corrected chi connectivity index (χ4v) is 5.70. The van der Waals surface area contributed by atoms with E-state index in [1.807, 2.05) is 19.3 Å². The van der Waals surface area contributed by atoms with Crippen molar-refractivity contribution >= 4 is 51.0 Å². The number of anilines is 2. The number of nitrogens with one attached hydrogen (secondary N) is 2. The van der Waals surface area contributed by atoms with Crippen LogP contribution in [0.1, 0.15) is 36.3 Å². The highest BCUT2D eigenvalue weighted by molar-refractivity contribution is 8.01. The molecule has 4 N–H and O–H groups in total. The van der Waals surface area contributed by atoms with Crippen molar-refractivity contribution in [2.75, 3.05) is 37.6 Å². The minimum atomic E-state index is 0.564. The molecule has 1 fully saturated rings. The molecule has 0 atom stereocenters. The highest BCUT2D eigenvalue weighted by Crippen LogP contribution is 2.49. The maximum Gasteiger partial charge on any atom is 0.134 e. The number of methoxy groups -OCH3 is 1. The van der Waals surface area contributed by atoms with Gasteiger partial charge in [-0.1, -0.05) is 0 Å². The van der Waals surface area contributed by atoms with Crippen LogP contribution < -0.4 is 11.1 Å². The van der Waals surface area contributed by atoms with Crippen LogP contribution in [0.3, 0.4) is 0 Å². The molecule has 0 aromatic carbocycles. The van der Waals surface area contributed by atoms with Crippen molar-refractivity contribution in [1.82, 2.24) is 9.97 Å². The lowest BCUT2D eigenvalue weighted by molar-refractivity contribution is 0.200. The Bertz CT molecular complexity index is 1050. The van der Waals surface area contributed by atoms with Gasteiger partial charge in [-0.15, -0.1) is 23.1 Å². The van der Waals surface area contributed by atoms with Gasteiger partial charge in [0.05, 0.1) is 15.6 Å². The Morgan fingerprint density at radius 2 is 2.24 bits per heavy atom. The molecule has 0 amide bonds. The van der Waals surface area contributed by atoms with Gasteiger partial charge in [-0.25, -0.2) is 9.97 Å². The molecule has 0 spiro atoms. The second-order valence-corrected chi connectivity index (χ2v) is 9.47. The SMILES string of the molecule is CNc1ncc(-c2cc(C3CC3)c3c(N)c(SCCCOC)sc3n2)cc1C=N. The van der Waals surface area contributed by atoms with Crippen LogP contribution in [0.4, 0.5) is 11.5 Å². The average molecular weight is 428 g/mol. The molecule has 3 aromatic rings. The lowest BCUT2D eigenvalue weighted by Gasteiger charge is -2.09. The Morgan fingerprint density at radius 3 is 2.93 bits per heavy atom. The van der Waals surface area contributed by atoms with Gasteiger partial charge < -0.3 is 21.2 Å². The smallest absolute Gasteiger partial charge is 0.134 e. The Hall–Kier alpha value is -2.16. The van der Waals surface area contributed by atoms with Crippen LogP contribution in [0, 0.1) is 5.41 Å². The number of nitrogens with two attached hydrogens (primary N) is 1. The fourth-order valence-electron chi connectivity index (χ4n) is 3.41. The van der Waals surface area contributed by atoms with Crippen molar-refractivity contribution in [1.29, 1.82) is 5.41 Å². The van der Waals surface area contributed by atoms with Crippen LogP contribution in [0.2, 0.25) is 0 Å². The zero-order valence-electron chi connectivity index (χ0n) is 16.6. The number of hydrogen-bond acceptors (Lipinski definition) is 8. The molecule has 29 heavy (non-hydrogen) atoms. The lowest BCUT2D eigenvalue weighted by Crippen LogP contribution is -1.99. The molecule has 1 aliphatic carbocycles. The molecule has 1 aliphatic rings. The first kappa shape index (κ1) is 20.1. The lowest BCUT2D eigenvalue weighted by atomic mass is 10.0. The zero-order valence-corrected chi connectivity index (χ0v) is 18.3. The molecule has 0 radical (unpaired) electrons. The average Bonchev–Trinajstić information content (AvgIpc) is 3.55. The quantitative estimate of drug-likeness (QED) is 0.253. The molecule has 0 saturated heterocycles. The molecule has 1 saturated carbocycles. The summed E-state index contributed by atoms with van der Waals surface area (Å²) >= 11 is 3.47. The van der Waals surface area contributed by atoms with Crippen LogP contribution in [0.5, 0.6) is 0 Å². The molecule has 3 heterocycles. The molecule has 0 unspecified atom stereocenters. The monoisotopic (exact) mass is 427 g/mol. The number of rotatable bonds is 9. The van der Waals surface area contributed by atoms with E-state index in [9.17, 15) is 0 Å². The first-order chi connectivity index (χ1) is 14.2. The molecular formula is C21H25N5OS2. The van der Waals surface area contributed by atoms with E-state index in [0.717, 1.165) is 55.7 Å². The van der Waals surface area contributed by atoms with Crippen molar-refractivity contribution in [2.24, 2.45) is 0 Å². The number of nitrogens with zero attached hydrogens (tertiary/aromatic N) is 2. The van der Waals surface area contributed by atoms with E-state index in [2.05, 4.69) is 16.4 Å². The maximum atomic E-state index is 7.67. The van der Waals surface area contributed by atoms with E-state index in [1.54, 1.807) is 30.2 Å². The summed E-state index contributed by atoms with van der Waals surface area (Å²) in [6.07, 6.45) is 6.54. The summed E-state index contributed by atoms with van der Waals surface area (Å²) in [7, 11) is 3.54. The Morgan fingerprint density at radius 1 is 1.41 bits per heavy atom. The maximum absolute atomic E-state index is 7.67. The van der Waals surface area contributed by atoms with Gasteiger partial charge in [-0.2, -0.15) is 0 Å². The number of hydrogen-bond donors (Lipinski definition) is 3. The molecule has 0 aliphatic heterocycles. The molecular weight excluding hydrogens is 402 g/mol. The summed E-state index contributed by atoms with van der Waals surface area (Å²) in [5.74, 6) is 2.24. The third-order valence-corrected chi connectivity index (χ3v) is 7.52. The predicted octanol–water partition coefficient (Wildman–Crippen LogP) is 4.99. The number of nitrogen functional groups attached to an aromatic ring is 1. The van der Waals surface area contributed by atoms with Gasteiger partial charge in [0, 0.05) is 55.4 Å². The van der Waals surface area contributed by atoms with Gasteiger partial charge in [0.2, 0.25) is 0 Å². The largest absolute Gasteiger partial charge is 0.397 e. The van der Waals surface area contributed by atoms with Crippen LogP contribution in [0.25, 0.3) is 21.5 Å². The number of pyridine rings is 2. The second kappa shape index (κ2) is 8.69. The normalized spacial score (nSPS) is 13.7. The van der Waals surface area contributed by atoms with Crippen LogP contribution in [-0.2, 0) is 4.74 Å².